The van der Waals surface area contributed by atoms with Crippen LogP contribution in [0.15, 0.2) is 18.5 Å². The van der Waals surface area contributed by atoms with Crippen molar-refractivity contribution in [3.8, 4) is 0 Å². The Bertz CT molecular complexity index is 347. The van der Waals surface area contributed by atoms with E-state index >= 15 is 0 Å². The van der Waals surface area contributed by atoms with Crippen LogP contribution >= 0.6 is 0 Å². The van der Waals surface area contributed by atoms with E-state index in [0.29, 0.717) is 19.5 Å². The van der Waals surface area contributed by atoms with Gasteiger partial charge in [-0.05, 0) is 24.3 Å². The summed E-state index contributed by atoms with van der Waals surface area (Å²) in [6.07, 6.45) is 5.67. The van der Waals surface area contributed by atoms with E-state index in [-0.39, 0.29) is 17.9 Å². The van der Waals surface area contributed by atoms with E-state index in [1.807, 2.05) is 12.3 Å². The lowest BCUT2D eigenvalue weighted by atomic mass is 9.88. The first kappa shape index (κ1) is 14.7. The maximum Gasteiger partial charge on any atom is 0.221 e. The molecular weight excluding hydrogens is 230 g/mol. The van der Waals surface area contributed by atoms with Crippen molar-refractivity contribution < 1.29 is 9.90 Å². The fourth-order valence-electron chi connectivity index (χ4n) is 1.72. The van der Waals surface area contributed by atoms with E-state index in [0.717, 1.165) is 12.8 Å². The van der Waals surface area contributed by atoms with Crippen LogP contribution in [0.4, 0.5) is 0 Å². The maximum absolute atomic E-state index is 11.7. The monoisotopic (exact) mass is 253 g/mol. The van der Waals surface area contributed by atoms with Gasteiger partial charge in [0.1, 0.15) is 0 Å². The van der Waals surface area contributed by atoms with Crippen LogP contribution in [0.2, 0.25) is 0 Å². The first-order valence-corrected chi connectivity index (χ1v) is 6.38. The minimum absolute atomic E-state index is 0.0318. The Hall–Kier alpha value is -1.36. The molecule has 1 aromatic rings. The molecule has 102 valence electrons. The van der Waals surface area contributed by atoms with Gasteiger partial charge >= 0.3 is 0 Å². The first-order valence-electron chi connectivity index (χ1n) is 6.38. The number of aromatic nitrogens is 2. The van der Waals surface area contributed by atoms with Gasteiger partial charge in [-0.1, -0.05) is 13.8 Å². The van der Waals surface area contributed by atoms with Crippen LogP contribution in [0.1, 0.15) is 33.1 Å². The van der Waals surface area contributed by atoms with Gasteiger partial charge in [-0.15, -0.1) is 0 Å². The molecule has 0 spiro atoms. The summed E-state index contributed by atoms with van der Waals surface area (Å²) in [4.78, 5) is 11.7. The van der Waals surface area contributed by atoms with Crippen LogP contribution in [0, 0.1) is 5.41 Å². The van der Waals surface area contributed by atoms with Gasteiger partial charge in [0.15, 0.2) is 0 Å². The summed E-state index contributed by atoms with van der Waals surface area (Å²) in [7, 11) is 0. The number of nitrogens with one attached hydrogen (secondary N) is 1. The molecule has 0 bridgehead atoms. The van der Waals surface area contributed by atoms with Gasteiger partial charge in [0.25, 0.3) is 0 Å². The molecule has 5 nitrogen and oxygen atoms in total. The van der Waals surface area contributed by atoms with Gasteiger partial charge < -0.3 is 10.4 Å². The number of rotatable bonds is 8. The second-order valence-electron chi connectivity index (χ2n) is 5.29. The Morgan fingerprint density at radius 1 is 1.50 bits per heavy atom. The summed E-state index contributed by atoms with van der Waals surface area (Å²) in [5.41, 5.74) is 0.0318. The fraction of sp³-hybridized carbons (Fsp3) is 0.692. The third-order valence-electron chi connectivity index (χ3n) is 2.90. The Morgan fingerprint density at radius 3 is 2.89 bits per heavy atom. The standard InChI is InChI=1S/C13H23N3O2/c1-13(2,6-3-10-17)11-14-12(18)5-9-16-8-4-7-15-16/h4,7-8,17H,3,5-6,9-11H2,1-2H3,(H,14,18). The number of hydrogen-bond acceptors (Lipinski definition) is 3. The van der Waals surface area contributed by atoms with E-state index in [1.165, 1.54) is 0 Å². The van der Waals surface area contributed by atoms with Crippen molar-refractivity contribution in [2.24, 2.45) is 5.41 Å². The molecule has 1 rings (SSSR count). The molecule has 0 saturated heterocycles. The van der Waals surface area contributed by atoms with Crippen molar-refractivity contribution in [3.63, 3.8) is 0 Å². The zero-order valence-corrected chi connectivity index (χ0v) is 11.2. The molecular formula is C13H23N3O2. The second-order valence-corrected chi connectivity index (χ2v) is 5.29. The SMILES string of the molecule is CC(C)(CCCO)CNC(=O)CCn1cccn1. The highest BCUT2D eigenvalue weighted by atomic mass is 16.2. The third kappa shape index (κ3) is 5.82. The third-order valence-corrected chi connectivity index (χ3v) is 2.90. The molecule has 1 aromatic heterocycles. The van der Waals surface area contributed by atoms with Crippen molar-refractivity contribution >= 4 is 5.91 Å². The van der Waals surface area contributed by atoms with Gasteiger partial charge in [-0.25, -0.2) is 0 Å². The van der Waals surface area contributed by atoms with E-state index in [1.54, 1.807) is 10.9 Å². The normalized spacial score (nSPS) is 11.5. The van der Waals surface area contributed by atoms with Crippen LogP contribution in [0.5, 0.6) is 0 Å². The minimum atomic E-state index is 0.0318. The van der Waals surface area contributed by atoms with Gasteiger partial charge in [-0.3, -0.25) is 9.48 Å². The topological polar surface area (TPSA) is 67.2 Å². The Kier molecular flexibility index (Phi) is 5.85. The number of amides is 1. The summed E-state index contributed by atoms with van der Waals surface area (Å²) in [5, 5.41) is 15.8. The van der Waals surface area contributed by atoms with Gasteiger partial charge in [0, 0.05) is 38.5 Å². The van der Waals surface area contributed by atoms with Crippen molar-refractivity contribution in [2.75, 3.05) is 13.2 Å². The zero-order chi connectivity index (χ0) is 13.4. The van der Waals surface area contributed by atoms with Crippen LogP contribution in [0.3, 0.4) is 0 Å². The molecule has 0 aromatic carbocycles. The number of carbonyl (C=O) groups excluding carboxylic acids is 1. The van der Waals surface area contributed by atoms with E-state index in [4.69, 9.17) is 5.11 Å². The predicted molar refractivity (Wildman–Crippen MR) is 70.0 cm³/mol. The molecule has 0 radical (unpaired) electrons. The van der Waals surface area contributed by atoms with Crippen molar-refractivity contribution in [1.82, 2.24) is 15.1 Å². The fourth-order valence-corrected chi connectivity index (χ4v) is 1.72. The number of aryl methyl sites for hydroxylation is 1. The lowest BCUT2D eigenvalue weighted by Crippen LogP contribution is -2.34. The first-order chi connectivity index (χ1) is 8.53. The average molecular weight is 253 g/mol. The van der Waals surface area contributed by atoms with Crippen LogP contribution in [-0.4, -0.2) is 33.9 Å². The quantitative estimate of drug-likeness (QED) is 0.731. The molecule has 0 fully saturated rings. The van der Waals surface area contributed by atoms with Crippen LogP contribution in [-0.2, 0) is 11.3 Å². The van der Waals surface area contributed by atoms with E-state index < -0.39 is 0 Å². The average Bonchev–Trinajstić information content (AvgIpc) is 2.84. The Balaban J connectivity index is 2.20. The highest BCUT2D eigenvalue weighted by Gasteiger charge is 2.18. The molecule has 1 heterocycles. The number of hydrogen-bond donors (Lipinski definition) is 2. The van der Waals surface area contributed by atoms with E-state index in [9.17, 15) is 4.79 Å². The van der Waals surface area contributed by atoms with Crippen LogP contribution in [0.25, 0.3) is 0 Å². The summed E-state index contributed by atoms with van der Waals surface area (Å²) < 4.78 is 1.75. The summed E-state index contributed by atoms with van der Waals surface area (Å²) >= 11 is 0. The van der Waals surface area contributed by atoms with Gasteiger partial charge in [0.2, 0.25) is 5.91 Å². The highest BCUT2D eigenvalue weighted by Crippen LogP contribution is 2.20. The Morgan fingerprint density at radius 2 is 2.28 bits per heavy atom. The van der Waals surface area contributed by atoms with E-state index in [2.05, 4.69) is 24.3 Å². The number of aliphatic hydroxyl groups excluding tert-OH is 1. The lowest BCUT2D eigenvalue weighted by molar-refractivity contribution is -0.121. The molecule has 0 atom stereocenters. The Labute approximate surface area is 108 Å². The van der Waals surface area contributed by atoms with Crippen molar-refractivity contribution in [1.29, 1.82) is 0 Å². The molecule has 0 saturated carbocycles. The lowest BCUT2D eigenvalue weighted by Gasteiger charge is -2.24. The smallest absolute Gasteiger partial charge is 0.221 e. The number of aliphatic hydroxyl groups is 1. The molecule has 2 N–H and O–H groups in total. The molecule has 5 heteroatoms. The van der Waals surface area contributed by atoms with Gasteiger partial charge in [-0.2, -0.15) is 5.10 Å². The van der Waals surface area contributed by atoms with Crippen molar-refractivity contribution in [3.05, 3.63) is 18.5 Å². The molecule has 1 amide bonds. The largest absolute Gasteiger partial charge is 0.396 e. The zero-order valence-electron chi connectivity index (χ0n) is 11.2. The molecule has 0 aliphatic rings. The maximum atomic E-state index is 11.7. The minimum Gasteiger partial charge on any atom is -0.396 e. The van der Waals surface area contributed by atoms with Gasteiger partial charge in [0.05, 0.1) is 0 Å². The number of carbonyl (C=O) groups is 1. The highest BCUT2D eigenvalue weighted by molar-refractivity contribution is 5.75. The van der Waals surface area contributed by atoms with Crippen LogP contribution < -0.4 is 5.32 Å². The molecule has 18 heavy (non-hydrogen) atoms. The molecule has 0 aliphatic carbocycles. The summed E-state index contributed by atoms with van der Waals surface area (Å²) in [6.45, 7) is 5.64. The summed E-state index contributed by atoms with van der Waals surface area (Å²) in [5.74, 6) is 0.0440. The predicted octanol–water partition coefficient (Wildman–Crippen LogP) is 1.19. The summed E-state index contributed by atoms with van der Waals surface area (Å²) in [6, 6.07) is 1.84. The second kappa shape index (κ2) is 7.16. The molecule has 0 unspecified atom stereocenters. The molecule has 0 aliphatic heterocycles. The number of nitrogens with zero attached hydrogens (tertiary/aromatic N) is 2. The van der Waals surface area contributed by atoms with Crippen molar-refractivity contribution in [2.45, 2.75) is 39.7 Å².